The van der Waals surface area contributed by atoms with Crippen molar-refractivity contribution in [3.05, 3.63) is 101 Å². The van der Waals surface area contributed by atoms with Crippen LogP contribution in [0.15, 0.2) is 77.9 Å². The summed E-state index contributed by atoms with van der Waals surface area (Å²) < 4.78 is 19.5. The van der Waals surface area contributed by atoms with Crippen LogP contribution in [-0.2, 0) is 0 Å². The van der Waals surface area contributed by atoms with Crippen molar-refractivity contribution in [2.24, 2.45) is 10.7 Å². The number of phenols is 1. The van der Waals surface area contributed by atoms with E-state index in [0.29, 0.717) is 17.1 Å². The summed E-state index contributed by atoms with van der Waals surface area (Å²) in [5, 5.41) is 13.1. The van der Waals surface area contributed by atoms with Gasteiger partial charge in [-0.3, -0.25) is 4.79 Å². The fraction of sp³-hybridized carbons (Fsp3) is 0.107. The Labute approximate surface area is 208 Å². The van der Waals surface area contributed by atoms with E-state index in [9.17, 15) is 14.3 Å². The van der Waals surface area contributed by atoms with E-state index < -0.39 is 11.7 Å². The van der Waals surface area contributed by atoms with Gasteiger partial charge >= 0.3 is 0 Å². The number of halogens is 1. The molecule has 0 saturated heterocycles. The molecule has 4 rings (SSSR count). The van der Waals surface area contributed by atoms with Gasteiger partial charge in [-0.1, -0.05) is 18.2 Å². The number of aryl methyl sites for hydroxylation is 2. The molecule has 7 nitrogen and oxygen atoms in total. The first kappa shape index (κ1) is 24.4. The number of aliphatic imine (C=N–C) groups is 1. The number of rotatable bonds is 6. The number of carbonyl (C=O) groups is 1. The molecule has 4 N–H and O–H groups in total. The second kappa shape index (κ2) is 10.3. The minimum absolute atomic E-state index is 0.0516. The zero-order valence-corrected chi connectivity index (χ0v) is 20.0. The van der Waals surface area contributed by atoms with Crippen molar-refractivity contribution in [1.29, 1.82) is 0 Å². The number of anilines is 1. The molecule has 0 radical (unpaired) electrons. The van der Waals surface area contributed by atoms with Gasteiger partial charge in [-0.25, -0.2) is 14.4 Å². The predicted molar refractivity (Wildman–Crippen MR) is 139 cm³/mol. The molecule has 1 aromatic heterocycles. The van der Waals surface area contributed by atoms with Gasteiger partial charge in [0.2, 0.25) is 5.88 Å². The third kappa shape index (κ3) is 5.17. The zero-order valence-electron chi connectivity index (χ0n) is 20.0. The highest BCUT2D eigenvalue weighted by Crippen LogP contribution is 2.32. The molecule has 0 aliphatic rings. The Kier molecular flexibility index (Phi) is 6.96. The van der Waals surface area contributed by atoms with E-state index in [1.807, 2.05) is 13.0 Å². The summed E-state index contributed by atoms with van der Waals surface area (Å²) >= 11 is 0. The van der Waals surface area contributed by atoms with Crippen molar-refractivity contribution in [3.63, 3.8) is 0 Å². The number of phenolic OH excluding ortho intramolecular Hbond substituents is 1. The van der Waals surface area contributed by atoms with Crippen molar-refractivity contribution in [2.75, 3.05) is 12.4 Å². The predicted octanol–water partition coefficient (Wildman–Crippen LogP) is 5.51. The lowest BCUT2D eigenvalue weighted by Crippen LogP contribution is -2.14. The van der Waals surface area contributed by atoms with Gasteiger partial charge in [0.1, 0.15) is 17.4 Å². The molecule has 1 amide bonds. The molecule has 4 aromatic rings. The summed E-state index contributed by atoms with van der Waals surface area (Å²) in [5.41, 5.74) is 10.4. The minimum Gasteiger partial charge on any atom is -0.507 e. The number of carbonyl (C=O) groups excluding carboxylic acids is 1. The summed E-state index contributed by atoms with van der Waals surface area (Å²) in [4.78, 5) is 21.5. The average Bonchev–Trinajstić information content (AvgIpc) is 2.87. The first-order chi connectivity index (χ1) is 17.3. The van der Waals surface area contributed by atoms with Gasteiger partial charge in [0.15, 0.2) is 0 Å². The maximum atomic E-state index is 14.2. The lowest BCUT2D eigenvalue weighted by atomic mass is 10.0. The summed E-state index contributed by atoms with van der Waals surface area (Å²) in [6, 6.07) is 18.1. The summed E-state index contributed by atoms with van der Waals surface area (Å²) in [7, 11) is 1.53. The van der Waals surface area contributed by atoms with Crippen LogP contribution in [-0.4, -0.2) is 28.9 Å². The average molecular weight is 485 g/mol. The largest absolute Gasteiger partial charge is 0.507 e. The van der Waals surface area contributed by atoms with E-state index in [1.54, 1.807) is 55.6 Å². The number of aromatic nitrogens is 1. The quantitative estimate of drug-likeness (QED) is 0.247. The van der Waals surface area contributed by atoms with Crippen molar-refractivity contribution < 1.29 is 19.0 Å². The number of pyridine rings is 1. The molecule has 0 spiro atoms. The fourth-order valence-electron chi connectivity index (χ4n) is 3.66. The third-order valence-electron chi connectivity index (χ3n) is 5.63. The smallest absolute Gasteiger partial charge is 0.255 e. The van der Waals surface area contributed by atoms with E-state index in [1.165, 1.54) is 25.3 Å². The molecule has 8 heteroatoms. The van der Waals surface area contributed by atoms with Gasteiger partial charge in [0.25, 0.3) is 5.91 Å². The number of hydrogen-bond acceptors (Lipinski definition) is 5. The summed E-state index contributed by atoms with van der Waals surface area (Å²) in [6.45, 7) is 3.59. The Morgan fingerprint density at radius 3 is 2.64 bits per heavy atom. The third-order valence-corrected chi connectivity index (χ3v) is 5.63. The van der Waals surface area contributed by atoms with Crippen LogP contribution in [0.25, 0.3) is 11.1 Å². The second-order valence-corrected chi connectivity index (χ2v) is 8.23. The number of amides is 1. The number of amidine groups is 1. The highest BCUT2D eigenvalue weighted by atomic mass is 19.1. The van der Waals surface area contributed by atoms with Gasteiger partial charge in [-0.2, -0.15) is 0 Å². The molecule has 3 aromatic carbocycles. The molecule has 0 unspecified atom stereocenters. The topological polar surface area (TPSA) is 110 Å². The van der Waals surface area contributed by atoms with Crippen molar-refractivity contribution >= 4 is 23.1 Å². The van der Waals surface area contributed by atoms with Gasteiger partial charge in [-0.05, 0) is 79.1 Å². The highest BCUT2D eigenvalue weighted by molar-refractivity contribution is 6.06. The molecular weight excluding hydrogens is 459 g/mol. The maximum absolute atomic E-state index is 14.2. The molecule has 1 heterocycles. The number of nitrogens with zero attached hydrogens (tertiary/aromatic N) is 2. The Hall–Kier alpha value is -4.72. The van der Waals surface area contributed by atoms with E-state index in [2.05, 4.69) is 15.3 Å². The number of hydrogen-bond donors (Lipinski definition) is 3. The van der Waals surface area contributed by atoms with Crippen LogP contribution < -0.4 is 15.8 Å². The minimum atomic E-state index is -0.515. The molecule has 36 heavy (non-hydrogen) atoms. The van der Waals surface area contributed by atoms with Crippen LogP contribution in [0.4, 0.5) is 15.8 Å². The number of ether oxygens (including phenoxy) is 1. The number of aromatic hydroxyl groups is 1. The summed E-state index contributed by atoms with van der Waals surface area (Å²) in [6.07, 6.45) is 1.62. The fourth-order valence-corrected chi connectivity index (χ4v) is 3.66. The molecule has 0 bridgehead atoms. The lowest BCUT2D eigenvalue weighted by Gasteiger charge is -2.11. The number of nitrogens with one attached hydrogen (secondary N) is 1. The zero-order chi connectivity index (χ0) is 25.8. The lowest BCUT2D eigenvalue weighted by molar-refractivity contribution is 0.102. The van der Waals surface area contributed by atoms with Crippen LogP contribution in [0.2, 0.25) is 0 Å². The van der Waals surface area contributed by atoms with E-state index in [-0.39, 0.29) is 22.8 Å². The SMILES string of the molecule is COc1ncccc1-c1ccc(O)c(C(N)=Nc2cc(C(=O)Nc3ccc(C)cc3F)ccc2C)c1. The van der Waals surface area contributed by atoms with Crippen molar-refractivity contribution in [2.45, 2.75) is 13.8 Å². The van der Waals surface area contributed by atoms with E-state index >= 15 is 0 Å². The number of methoxy groups -OCH3 is 1. The van der Waals surface area contributed by atoms with Crippen LogP contribution in [0.5, 0.6) is 11.6 Å². The molecule has 0 saturated carbocycles. The van der Waals surface area contributed by atoms with Crippen molar-refractivity contribution in [1.82, 2.24) is 4.98 Å². The summed E-state index contributed by atoms with van der Waals surface area (Å²) in [5.74, 6) is -0.559. The first-order valence-corrected chi connectivity index (χ1v) is 11.1. The van der Waals surface area contributed by atoms with Gasteiger partial charge in [-0.15, -0.1) is 0 Å². The van der Waals surface area contributed by atoms with Crippen LogP contribution in [0, 0.1) is 19.7 Å². The van der Waals surface area contributed by atoms with E-state index in [4.69, 9.17) is 10.5 Å². The Bertz CT molecular complexity index is 1480. The Morgan fingerprint density at radius 1 is 1.08 bits per heavy atom. The molecule has 0 atom stereocenters. The van der Waals surface area contributed by atoms with Gasteiger partial charge < -0.3 is 20.9 Å². The van der Waals surface area contributed by atoms with Crippen LogP contribution in [0.1, 0.15) is 27.0 Å². The van der Waals surface area contributed by atoms with Gasteiger partial charge in [0, 0.05) is 17.3 Å². The maximum Gasteiger partial charge on any atom is 0.255 e. The van der Waals surface area contributed by atoms with Crippen molar-refractivity contribution in [3.8, 4) is 22.8 Å². The normalized spacial score (nSPS) is 11.3. The molecular formula is C28H25FN4O3. The Morgan fingerprint density at radius 2 is 1.89 bits per heavy atom. The molecule has 0 fully saturated rings. The van der Waals surface area contributed by atoms with Gasteiger partial charge in [0.05, 0.1) is 24.0 Å². The first-order valence-electron chi connectivity index (χ1n) is 11.1. The van der Waals surface area contributed by atoms with Crippen LogP contribution >= 0.6 is 0 Å². The standard InChI is InChI=1S/C28H25FN4O3/c1-16-6-10-23(22(29)13-16)33-27(35)19-8-7-17(2)24(15-19)32-26(30)21-14-18(9-11-25(21)34)20-5-4-12-31-28(20)36-3/h4-15,34H,1-3H3,(H2,30,32)(H,33,35). The number of benzene rings is 3. The number of nitrogens with two attached hydrogens (primary N) is 1. The highest BCUT2D eigenvalue weighted by Gasteiger charge is 2.14. The second-order valence-electron chi connectivity index (χ2n) is 8.23. The molecule has 182 valence electrons. The monoisotopic (exact) mass is 484 g/mol. The Balaban J connectivity index is 1.66. The van der Waals surface area contributed by atoms with Crippen LogP contribution in [0.3, 0.4) is 0 Å². The molecule has 0 aliphatic heterocycles. The molecule has 0 aliphatic carbocycles. The van der Waals surface area contributed by atoms with E-state index in [0.717, 1.165) is 22.3 Å².